The molecule has 1 amide bonds. The number of rotatable bonds is 1. The molecule has 0 atom stereocenters. The van der Waals surface area contributed by atoms with E-state index in [9.17, 15) is 4.79 Å². The van der Waals surface area contributed by atoms with Gasteiger partial charge in [-0.2, -0.15) is 0 Å². The zero-order valence-corrected chi connectivity index (χ0v) is 11.8. The van der Waals surface area contributed by atoms with Crippen LogP contribution in [0.1, 0.15) is 59.8 Å². The predicted molar refractivity (Wildman–Crippen MR) is 69.6 cm³/mol. The lowest BCUT2D eigenvalue weighted by Gasteiger charge is -2.25. The summed E-state index contributed by atoms with van der Waals surface area (Å²) in [5.41, 5.74) is -0.390. The van der Waals surface area contributed by atoms with Crippen LogP contribution in [-0.4, -0.2) is 28.8 Å². The number of nitrogens with one attached hydrogen (secondary N) is 1. The Hall–Kier alpha value is -1.26. The van der Waals surface area contributed by atoms with Gasteiger partial charge < -0.3 is 15.2 Å². The summed E-state index contributed by atoms with van der Waals surface area (Å²) in [4.78, 5) is 20.4. The second-order valence-electron chi connectivity index (χ2n) is 5.50. The molecule has 106 valence electrons. The van der Waals surface area contributed by atoms with E-state index in [4.69, 9.17) is 14.6 Å². The number of ether oxygens (including phenoxy) is 1. The van der Waals surface area contributed by atoms with Crippen molar-refractivity contribution < 1.29 is 19.4 Å². The molecular formula is C13H25NO4. The molecule has 1 aliphatic carbocycles. The van der Waals surface area contributed by atoms with E-state index in [0.29, 0.717) is 6.04 Å². The van der Waals surface area contributed by atoms with Crippen LogP contribution < -0.4 is 5.32 Å². The van der Waals surface area contributed by atoms with Gasteiger partial charge in [-0.25, -0.2) is 4.79 Å². The molecule has 0 aromatic rings. The Labute approximate surface area is 109 Å². The van der Waals surface area contributed by atoms with Gasteiger partial charge >= 0.3 is 6.09 Å². The molecule has 0 heterocycles. The summed E-state index contributed by atoms with van der Waals surface area (Å²) in [6.45, 7) is 6.73. The summed E-state index contributed by atoms with van der Waals surface area (Å²) in [7, 11) is 0. The lowest BCUT2D eigenvalue weighted by Crippen LogP contribution is -2.39. The van der Waals surface area contributed by atoms with Gasteiger partial charge in [0.25, 0.3) is 5.97 Å². The van der Waals surface area contributed by atoms with Gasteiger partial charge in [-0.05, 0) is 33.6 Å². The zero-order chi connectivity index (χ0) is 14.2. The highest BCUT2D eigenvalue weighted by Crippen LogP contribution is 2.18. The van der Waals surface area contributed by atoms with Crippen LogP contribution in [0, 0.1) is 0 Å². The maximum Gasteiger partial charge on any atom is 0.407 e. The molecule has 0 aliphatic heterocycles. The highest BCUT2D eigenvalue weighted by molar-refractivity contribution is 5.68. The maximum atomic E-state index is 11.4. The fourth-order valence-corrected chi connectivity index (χ4v) is 1.72. The molecule has 1 saturated carbocycles. The van der Waals surface area contributed by atoms with Gasteiger partial charge in [0, 0.05) is 13.0 Å². The normalized spacial score (nSPS) is 16.2. The number of hydrogen-bond donors (Lipinski definition) is 2. The van der Waals surface area contributed by atoms with E-state index in [0.717, 1.165) is 19.8 Å². The molecule has 5 nitrogen and oxygen atoms in total. The minimum atomic E-state index is -0.833. The highest BCUT2D eigenvalue weighted by atomic mass is 16.6. The number of alkyl carbamates (subject to hydrolysis) is 1. The first kappa shape index (κ1) is 16.7. The molecule has 1 fully saturated rings. The Kier molecular flexibility index (Phi) is 7.39. The molecule has 0 radical (unpaired) electrons. The Bertz CT molecular complexity index is 261. The van der Waals surface area contributed by atoms with Crippen molar-refractivity contribution >= 4 is 12.1 Å². The van der Waals surface area contributed by atoms with Gasteiger partial charge in [0.05, 0.1) is 0 Å². The molecule has 1 rings (SSSR count). The minimum Gasteiger partial charge on any atom is -0.481 e. The quantitative estimate of drug-likeness (QED) is 0.759. The fourth-order valence-electron chi connectivity index (χ4n) is 1.72. The number of carbonyl (C=O) groups excluding carboxylic acids is 1. The van der Waals surface area contributed by atoms with Crippen LogP contribution >= 0.6 is 0 Å². The van der Waals surface area contributed by atoms with Gasteiger partial charge in [-0.15, -0.1) is 0 Å². The summed E-state index contributed by atoms with van der Waals surface area (Å²) in [6.07, 6.45) is 5.66. The van der Waals surface area contributed by atoms with Crippen LogP contribution in [0.15, 0.2) is 0 Å². The van der Waals surface area contributed by atoms with E-state index < -0.39 is 11.6 Å². The van der Waals surface area contributed by atoms with Crippen LogP contribution in [0.3, 0.4) is 0 Å². The van der Waals surface area contributed by atoms with Crippen molar-refractivity contribution in [3.63, 3.8) is 0 Å². The SMILES string of the molecule is CC(=O)O.CC(C)(C)OC(=O)NC1CCCCC1. The molecule has 1 aliphatic rings. The third-order valence-electron chi connectivity index (χ3n) is 2.33. The number of carbonyl (C=O) groups is 2. The van der Waals surface area contributed by atoms with E-state index >= 15 is 0 Å². The fraction of sp³-hybridized carbons (Fsp3) is 0.846. The first-order chi connectivity index (χ1) is 8.20. The van der Waals surface area contributed by atoms with Crippen molar-refractivity contribution in [3.05, 3.63) is 0 Å². The standard InChI is InChI=1S/C11H21NO2.C2H4O2/c1-11(2,3)14-10(13)12-9-7-5-4-6-8-9;1-2(3)4/h9H,4-8H2,1-3H3,(H,12,13);1H3,(H,3,4). The van der Waals surface area contributed by atoms with Gasteiger partial charge in [-0.1, -0.05) is 19.3 Å². The van der Waals surface area contributed by atoms with Gasteiger partial charge in [-0.3, -0.25) is 4.79 Å². The summed E-state index contributed by atoms with van der Waals surface area (Å²) in [5, 5.41) is 10.3. The van der Waals surface area contributed by atoms with Crippen LogP contribution in [-0.2, 0) is 9.53 Å². The summed E-state index contributed by atoms with van der Waals surface area (Å²) >= 11 is 0. The summed E-state index contributed by atoms with van der Waals surface area (Å²) in [5.74, 6) is -0.833. The van der Waals surface area contributed by atoms with E-state index in [1.165, 1.54) is 19.3 Å². The molecule has 18 heavy (non-hydrogen) atoms. The highest BCUT2D eigenvalue weighted by Gasteiger charge is 2.20. The molecule has 0 bridgehead atoms. The number of aliphatic carboxylic acids is 1. The van der Waals surface area contributed by atoms with Crippen molar-refractivity contribution in [3.8, 4) is 0 Å². The van der Waals surface area contributed by atoms with Crippen molar-refractivity contribution in [2.24, 2.45) is 0 Å². The average molecular weight is 259 g/mol. The predicted octanol–water partition coefficient (Wildman–Crippen LogP) is 2.93. The third kappa shape index (κ3) is 11.2. The minimum absolute atomic E-state index is 0.274. The summed E-state index contributed by atoms with van der Waals surface area (Å²) in [6, 6.07) is 0.332. The van der Waals surface area contributed by atoms with Crippen LogP contribution in [0.25, 0.3) is 0 Å². The monoisotopic (exact) mass is 259 g/mol. The molecule has 0 unspecified atom stereocenters. The van der Waals surface area contributed by atoms with Gasteiger partial charge in [0.1, 0.15) is 5.60 Å². The molecule has 0 saturated heterocycles. The smallest absolute Gasteiger partial charge is 0.407 e. The van der Waals surface area contributed by atoms with Crippen molar-refractivity contribution in [2.75, 3.05) is 0 Å². The number of hydrogen-bond acceptors (Lipinski definition) is 3. The second kappa shape index (κ2) is 7.95. The van der Waals surface area contributed by atoms with Gasteiger partial charge in [0.15, 0.2) is 0 Å². The van der Waals surface area contributed by atoms with E-state index in [1.807, 2.05) is 20.8 Å². The Morgan fingerprint density at radius 1 is 1.17 bits per heavy atom. The lowest BCUT2D eigenvalue weighted by molar-refractivity contribution is -0.134. The van der Waals surface area contributed by atoms with Crippen molar-refractivity contribution in [2.45, 2.75) is 71.4 Å². The maximum absolute atomic E-state index is 11.4. The molecular weight excluding hydrogens is 234 g/mol. The number of carboxylic acid groups (broad SMARTS) is 1. The summed E-state index contributed by atoms with van der Waals surface area (Å²) < 4.78 is 5.19. The topological polar surface area (TPSA) is 75.6 Å². The molecule has 2 N–H and O–H groups in total. The Balaban J connectivity index is 0.000000631. The van der Waals surface area contributed by atoms with Crippen LogP contribution in [0.5, 0.6) is 0 Å². The van der Waals surface area contributed by atoms with Crippen LogP contribution in [0.2, 0.25) is 0 Å². The molecule has 0 spiro atoms. The van der Waals surface area contributed by atoms with E-state index in [-0.39, 0.29) is 6.09 Å². The molecule has 5 heteroatoms. The average Bonchev–Trinajstić information content (AvgIpc) is 2.14. The Morgan fingerprint density at radius 3 is 2.00 bits per heavy atom. The Morgan fingerprint density at radius 2 is 1.61 bits per heavy atom. The van der Waals surface area contributed by atoms with E-state index in [1.54, 1.807) is 0 Å². The van der Waals surface area contributed by atoms with Gasteiger partial charge in [0.2, 0.25) is 0 Å². The van der Waals surface area contributed by atoms with Crippen molar-refractivity contribution in [1.82, 2.24) is 5.32 Å². The van der Waals surface area contributed by atoms with E-state index in [2.05, 4.69) is 5.32 Å². The third-order valence-corrected chi connectivity index (χ3v) is 2.33. The lowest BCUT2D eigenvalue weighted by atomic mass is 9.96. The van der Waals surface area contributed by atoms with Crippen molar-refractivity contribution in [1.29, 1.82) is 0 Å². The van der Waals surface area contributed by atoms with Crippen LogP contribution in [0.4, 0.5) is 4.79 Å². The molecule has 0 aromatic heterocycles. The first-order valence-corrected chi connectivity index (χ1v) is 6.40. The zero-order valence-electron chi connectivity index (χ0n) is 11.8. The first-order valence-electron chi connectivity index (χ1n) is 6.40. The second-order valence-corrected chi connectivity index (χ2v) is 5.50. The largest absolute Gasteiger partial charge is 0.481 e. The number of carboxylic acids is 1. The molecule has 0 aromatic carbocycles. The number of amides is 1.